The van der Waals surface area contributed by atoms with Crippen LogP contribution in [0, 0.1) is 0 Å². The molecule has 0 spiro atoms. The fourth-order valence-electron chi connectivity index (χ4n) is 2.49. The molecule has 0 fully saturated rings. The fourth-order valence-corrected chi connectivity index (χ4v) is 2.79. The van der Waals surface area contributed by atoms with E-state index in [1.165, 1.54) is 6.07 Å². The summed E-state index contributed by atoms with van der Waals surface area (Å²) in [5.41, 5.74) is 1.65. The van der Waals surface area contributed by atoms with Crippen LogP contribution in [0.1, 0.15) is 20.7 Å². The van der Waals surface area contributed by atoms with Crippen molar-refractivity contribution >= 4 is 46.4 Å². The van der Waals surface area contributed by atoms with E-state index in [4.69, 9.17) is 27.9 Å². The lowest BCUT2D eigenvalue weighted by molar-refractivity contribution is 0.102. The fraction of sp³-hybridized carbons (Fsp3) is 0.0476. The Hall–Kier alpha value is -3.02. The molecule has 0 aliphatic carbocycles. The van der Waals surface area contributed by atoms with Crippen molar-refractivity contribution in [1.29, 1.82) is 0 Å². The van der Waals surface area contributed by atoms with Crippen LogP contribution in [0.2, 0.25) is 10.0 Å². The molecule has 3 aromatic carbocycles. The molecule has 2 N–H and O–H groups in total. The quantitative estimate of drug-likeness (QED) is 0.578. The summed E-state index contributed by atoms with van der Waals surface area (Å²) in [6.45, 7) is 0. The summed E-state index contributed by atoms with van der Waals surface area (Å²) in [4.78, 5) is 25.2. The van der Waals surface area contributed by atoms with Gasteiger partial charge in [-0.15, -0.1) is 0 Å². The van der Waals surface area contributed by atoms with E-state index in [0.717, 1.165) is 0 Å². The summed E-state index contributed by atoms with van der Waals surface area (Å²) >= 11 is 11.9. The zero-order valence-corrected chi connectivity index (χ0v) is 16.3. The van der Waals surface area contributed by atoms with Gasteiger partial charge in [-0.3, -0.25) is 9.59 Å². The van der Waals surface area contributed by atoms with Crippen LogP contribution >= 0.6 is 23.2 Å². The van der Waals surface area contributed by atoms with Crippen molar-refractivity contribution in [2.24, 2.45) is 0 Å². The van der Waals surface area contributed by atoms with Crippen molar-refractivity contribution in [3.8, 4) is 5.75 Å². The van der Waals surface area contributed by atoms with Gasteiger partial charge < -0.3 is 15.4 Å². The number of carbonyl (C=O) groups excluding carboxylic acids is 2. The van der Waals surface area contributed by atoms with Crippen molar-refractivity contribution in [2.45, 2.75) is 0 Å². The lowest BCUT2D eigenvalue weighted by atomic mass is 10.1. The Bertz CT molecular complexity index is 1020. The van der Waals surface area contributed by atoms with Crippen LogP contribution in [0.5, 0.6) is 5.75 Å². The molecule has 0 heterocycles. The number of nitrogens with one attached hydrogen (secondary N) is 2. The Morgan fingerprint density at radius 2 is 1.54 bits per heavy atom. The number of rotatable bonds is 5. The minimum Gasteiger partial charge on any atom is -0.497 e. The largest absolute Gasteiger partial charge is 0.497 e. The third-order valence-corrected chi connectivity index (χ3v) is 4.69. The molecular weight excluding hydrogens is 399 g/mol. The Morgan fingerprint density at radius 1 is 0.821 bits per heavy atom. The molecule has 3 rings (SSSR count). The maximum absolute atomic E-state index is 12.7. The van der Waals surface area contributed by atoms with Crippen molar-refractivity contribution in [3.05, 3.63) is 87.9 Å². The summed E-state index contributed by atoms with van der Waals surface area (Å²) in [7, 11) is 1.57. The minimum absolute atomic E-state index is 0.278. The van der Waals surface area contributed by atoms with E-state index in [0.29, 0.717) is 33.3 Å². The normalized spacial score (nSPS) is 10.2. The molecule has 5 nitrogen and oxygen atoms in total. The van der Waals surface area contributed by atoms with Gasteiger partial charge in [-0.05, 0) is 54.6 Å². The van der Waals surface area contributed by atoms with Gasteiger partial charge in [0.15, 0.2) is 0 Å². The molecule has 0 saturated carbocycles. The van der Waals surface area contributed by atoms with E-state index < -0.39 is 5.91 Å². The maximum Gasteiger partial charge on any atom is 0.257 e. The number of halogens is 2. The predicted octanol–water partition coefficient (Wildman–Crippen LogP) is 5.51. The molecule has 0 aliphatic rings. The second-order valence-electron chi connectivity index (χ2n) is 5.81. The molecule has 3 aromatic rings. The van der Waals surface area contributed by atoms with E-state index >= 15 is 0 Å². The topological polar surface area (TPSA) is 67.4 Å². The Morgan fingerprint density at radius 3 is 2.21 bits per heavy atom. The summed E-state index contributed by atoms with van der Waals surface area (Å²) in [6.07, 6.45) is 0. The van der Waals surface area contributed by atoms with Crippen molar-refractivity contribution in [3.63, 3.8) is 0 Å². The van der Waals surface area contributed by atoms with Crippen LogP contribution in [-0.4, -0.2) is 18.9 Å². The average Bonchev–Trinajstić information content (AvgIpc) is 2.71. The molecule has 2 amide bonds. The summed E-state index contributed by atoms with van der Waals surface area (Å²) < 4.78 is 5.10. The van der Waals surface area contributed by atoms with Crippen molar-refractivity contribution < 1.29 is 14.3 Å². The monoisotopic (exact) mass is 414 g/mol. The SMILES string of the molecule is COc1ccc(NC(=O)c2ccccc2NC(=O)c2ccc(Cl)c(Cl)c2)cc1. The highest BCUT2D eigenvalue weighted by molar-refractivity contribution is 6.42. The highest BCUT2D eigenvalue weighted by atomic mass is 35.5. The Kier molecular flexibility index (Phi) is 6.19. The van der Waals surface area contributed by atoms with Crippen molar-refractivity contribution in [2.75, 3.05) is 17.7 Å². The number of para-hydroxylation sites is 1. The highest BCUT2D eigenvalue weighted by Crippen LogP contribution is 2.24. The van der Waals surface area contributed by atoms with E-state index in [-0.39, 0.29) is 10.9 Å². The third-order valence-electron chi connectivity index (χ3n) is 3.95. The minimum atomic E-state index is -0.400. The summed E-state index contributed by atoms with van der Waals surface area (Å²) in [5.74, 6) is -0.0641. The first-order valence-corrected chi connectivity index (χ1v) is 9.04. The van der Waals surface area contributed by atoms with Gasteiger partial charge in [0.2, 0.25) is 0 Å². The number of hydrogen-bond acceptors (Lipinski definition) is 3. The molecule has 0 radical (unpaired) electrons. The van der Waals surface area contributed by atoms with Gasteiger partial charge in [0, 0.05) is 11.3 Å². The van der Waals surface area contributed by atoms with Crippen LogP contribution < -0.4 is 15.4 Å². The Balaban J connectivity index is 1.78. The van der Waals surface area contributed by atoms with Gasteiger partial charge in [-0.1, -0.05) is 35.3 Å². The average molecular weight is 415 g/mol. The zero-order chi connectivity index (χ0) is 20.1. The van der Waals surface area contributed by atoms with Crippen molar-refractivity contribution in [1.82, 2.24) is 0 Å². The van der Waals surface area contributed by atoms with Crippen LogP contribution in [0.4, 0.5) is 11.4 Å². The van der Waals surface area contributed by atoms with Crippen LogP contribution in [-0.2, 0) is 0 Å². The number of anilines is 2. The third kappa shape index (κ3) is 4.63. The first-order chi connectivity index (χ1) is 13.5. The van der Waals surface area contributed by atoms with Gasteiger partial charge >= 0.3 is 0 Å². The lowest BCUT2D eigenvalue weighted by Gasteiger charge is -2.12. The van der Waals surface area contributed by atoms with Gasteiger partial charge in [-0.2, -0.15) is 0 Å². The zero-order valence-electron chi connectivity index (χ0n) is 14.8. The first-order valence-electron chi connectivity index (χ1n) is 8.29. The van der Waals surface area contributed by atoms with Gasteiger partial charge in [0.1, 0.15) is 5.75 Å². The number of carbonyl (C=O) groups is 2. The molecule has 0 aromatic heterocycles. The second-order valence-corrected chi connectivity index (χ2v) is 6.63. The van der Waals surface area contributed by atoms with Crippen LogP contribution in [0.15, 0.2) is 66.7 Å². The van der Waals surface area contributed by atoms with E-state index in [2.05, 4.69) is 10.6 Å². The van der Waals surface area contributed by atoms with E-state index in [9.17, 15) is 9.59 Å². The Labute approximate surface area is 172 Å². The second kappa shape index (κ2) is 8.78. The van der Waals surface area contributed by atoms with Gasteiger partial charge in [0.05, 0.1) is 28.4 Å². The summed E-state index contributed by atoms with van der Waals surface area (Å²) in [6, 6.07) is 18.3. The number of methoxy groups -OCH3 is 1. The lowest BCUT2D eigenvalue weighted by Crippen LogP contribution is -2.18. The smallest absolute Gasteiger partial charge is 0.257 e. The number of ether oxygens (including phenoxy) is 1. The molecular formula is C21H16Cl2N2O3. The molecule has 0 unspecified atom stereocenters. The number of benzene rings is 3. The standard InChI is InChI=1S/C21H16Cl2N2O3/c1-28-15-9-7-14(8-10-15)24-21(27)16-4-2-3-5-19(16)25-20(26)13-6-11-17(22)18(23)12-13/h2-12H,1H3,(H,24,27)(H,25,26). The molecule has 142 valence electrons. The predicted molar refractivity (Wildman–Crippen MR) is 112 cm³/mol. The van der Waals surface area contributed by atoms with E-state index in [1.54, 1.807) is 67.8 Å². The molecule has 0 saturated heterocycles. The highest BCUT2D eigenvalue weighted by Gasteiger charge is 2.15. The molecule has 0 aliphatic heterocycles. The molecule has 7 heteroatoms. The van der Waals surface area contributed by atoms with Crippen LogP contribution in [0.25, 0.3) is 0 Å². The van der Waals surface area contributed by atoms with E-state index in [1.807, 2.05) is 0 Å². The number of hydrogen-bond donors (Lipinski definition) is 2. The number of amides is 2. The molecule has 28 heavy (non-hydrogen) atoms. The first kappa shape index (κ1) is 19.7. The van der Waals surface area contributed by atoms with Crippen LogP contribution in [0.3, 0.4) is 0 Å². The maximum atomic E-state index is 12.7. The molecule has 0 bridgehead atoms. The van der Waals surface area contributed by atoms with Gasteiger partial charge in [-0.25, -0.2) is 0 Å². The van der Waals surface area contributed by atoms with Gasteiger partial charge in [0.25, 0.3) is 11.8 Å². The summed E-state index contributed by atoms with van der Waals surface area (Å²) in [5, 5.41) is 6.17. The molecule has 0 atom stereocenters.